The van der Waals surface area contributed by atoms with Crippen molar-refractivity contribution in [2.75, 3.05) is 33.3 Å². The first-order valence-corrected chi connectivity index (χ1v) is 9.14. The lowest BCUT2D eigenvalue weighted by molar-refractivity contribution is -0.142. The molecule has 2 aliphatic rings. The number of carbonyl (C=O) groups is 2. The number of piperidine rings is 2. The maximum atomic E-state index is 12.9. The van der Waals surface area contributed by atoms with E-state index in [0.717, 1.165) is 32.2 Å². The minimum atomic E-state index is -0.115. The summed E-state index contributed by atoms with van der Waals surface area (Å²) in [6, 6.07) is 0. The fraction of sp³-hybridized carbons (Fsp3) is 0.667. The van der Waals surface area contributed by atoms with Gasteiger partial charge < -0.3 is 19.3 Å². The number of aromatic nitrogens is 2. The van der Waals surface area contributed by atoms with Crippen molar-refractivity contribution >= 4 is 11.8 Å². The highest BCUT2D eigenvalue weighted by Gasteiger charge is 2.32. The second-order valence-corrected chi connectivity index (χ2v) is 6.82. The highest BCUT2D eigenvalue weighted by atomic mass is 16.5. The van der Waals surface area contributed by atoms with Crippen LogP contribution in [-0.2, 0) is 9.59 Å². The molecule has 0 bridgehead atoms. The molecule has 1 atom stereocenters. The van der Waals surface area contributed by atoms with Crippen LogP contribution in [0.1, 0.15) is 32.6 Å². The molecule has 0 radical (unpaired) electrons. The Kier molecular flexibility index (Phi) is 5.90. The summed E-state index contributed by atoms with van der Waals surface area (Å²) >= 11 is 0. The molecule has 1 aromatic heterocycles. The van der Waals surface area contributed by atoms with Gasteiger partial charge in [0.1, 0.15) is 6.10 Å². The zero-order valence-corrected chi connectivity index (χ0v) is 15.4. The van der Waals surface area contributed by atoms with Gasteiger partial charge in [0.15, 0.2) is 0 Å². The van der Waals surface area contributed by atoms with Gasteiger partial charge in [0, 0.05) is 44.9 Å². The molecule has 0 unspecified atom stereocenters. The Morgan fingerprint density at radius 3 is 2.38 bits per heavy atom. The van der Waals surface area contributed by atoms with E-state index in [1.165, 1.54) is 7.11 Å². The van der Waals surface area contributed by atoms with Gasteiger partial charge in [0.25, 0.3) is 11.8 Å². The van der Waals surface area contributed by atoms with E-state index >= 15 is 0 Å². The van der Waals surface area contributed by atoms with Gasteiger partial charge in [-0.15, -0.1) is 0 Å². The molecule has 3 heterocycles. The van der Waals surface area contributed by atoms with E-state index in [1.54, 1.807) is 19.3 Å². The minimum absolute atomic E-state index is 0.00426. The van der Waals surface area contributed by atoms with E-state index in [9.17, 15) is 9.59 Å². The summed E-state index contributed by atoms with van der Waals surface area (Å²) in [5.41, 5.74) is 0. The van der Waals surface area contributed by atoms with E-state index in [4.69, 9.17) is 9.47 Å². The highest BCUT2D eigenvalue weighted by molar-refractivity contribution is 5.80. The molecular weight excluding hydrogens is 336 g/mol. The molecule has 1 aromatic rings. The molecule has 2 amide bonds. The monoisotopic (exact) mass is 362 g/mol. The van der Waals surface area contributed by atoms with Crippen molar-refractivity contribution in [1.29, 1.82) is 0 Å². The first-order valence-electron chi connectivity index (χ1n) is 9.14. The van der Waals surface area contributed by atoms with Crippen LogP contribution in [0.5, 0.6) is 11.8 Å². The third-order valence-corrected chi connectivity index (χ3v) is 5.08. The maximum absolute atomic E-state index is 12.9. The first-order chi connectivity index (χ1) is 12.6. The van der Waals surface area contributed by atoms with E-state index in [2.05, 4.69) is 9.97 Å². The molecule has 0 spiro atoms. The molecule has 3 rings (SSSR count). The zero-order chi connectivity index (χ0) is 18.5. The van der Waals surface area contributed by atoms with Gasteiger partial charge in [-0.3, -0.25) is 9.59 Å². The van der Waals surface area contributed by atoms with Crippen LogP contribution in [0.2, 0.25) is 0 Å². The van der Waals surface area contributed by atoms with E-state index in [0.29, 0.717) is 31.4 Å². The fourth-order valence-corrected chi connectivity index (χ4v) is 3.63. The van der Waals surface area contributed by atoms with Gasteiger partial charge in [-0.1, -0.05) is 0 Å². The van der Waals surface area contributed by atoms with Gasteiger partial charge in [0.2, 0.25) is 11.8 Å². The third kappa shape index (κ3) is 4.23. The molecule has 2 saturated heterocycles. The van der Waals surface area contributed by atoms with Crippen LogP contribution in [0.15, 0.2) is 12.4 Å². The van der Waals surface area contributed by atoms with E-state index in [1.807, 2.05) is 9.80 Å². The van der Waals surface area contributed by atoms with Crippen LogP contribution in [-0.4, -0.2) is 71.0 Å². The topological polar surface area (TPSA) is 84.9 Å². The Hall–Kier alpha value is -2.38. The SMILES string of the molecule is COc1nccnc1O[C@H]1CCCN(C(=O)C2CCN(C(C)=O)CC2)C1. The number of amides is 2. The number of methoxy groups -OCH3 is 1. The number of likely N-dealkylation sites (tertiary alicyclic amines) is 2. The summed E-state index contributed by atoms with van der Waals surface area (Å²) in [5.74, 6) is 0.972. The van der Waals surface area contributed by atoms with Crippen molar-refractivity contribution in [2.24, 2.45) is 5.92 Å². The first kappa shape index (κ1) is 18.4. The van der Waals surface area contributed by atoms with Crippen LogP contribution in [0.25, 0.3) is 0 Å². The summed E-state index contributed by atoms with van der Waals surface area (Å²) in [6.07, 6.45) is 6.23. The van der Waals surface area contributed by atoms with Crippen LogP contribution in [0.4, 0.5) is 0 Å². The summed E-state index contributed by atoms with van der Waals surface area (Å²) in [4.78, 5) is 36.3. The molecule has 2 fully saturated rings. The average molecular weight is 362 g/mol. The van der Waals surface area contributed by atoms with Crippen molar-refractivity contribution in [3.63, 3.8) is 0 Å². The number of rotatable bonds is 4. The lowest BCUT2D eigenvalue weighted by atomic mass is 9.94. The van der Waals surface area contributed by atoms with Crippen LogP contribution < -0.4 is 9.47 Å². The van der Waals surface area contributed by atoms with Crippen molar-refractivity contribution in [2.45, 2.75) is 38.7 Å². The standard InChI is InChI=1S/C18H26N4O4/c1-13(23)21-10-5-14(6-11-21)18(24)22-9-3-4-15(12-22)26-17-16(25-2)19-7-8-20-17/h7-8,14-15H,3-6,9-12H2,1-2H3/t15-/m0/s1. The van der Waals surface area contributed by atoms with Crippen LogP contribution in [0, 0.1) is 5.92 Å². The lowest BCUT2D eigenvalue weighted by Gasteiger charge is -2.37. The second-order valence-electron chi connectivity index (χ2n) is 6.82. The van der Waals surface area contributed by atoms with Crippen molar-refractivity contribution < 1.29 is 19.1 Å². The molecule has 2 aliphatic heterocycles. The summed E-state index contributed by atoms with van der Waals surface area (Å²) < 4.78 is 11.1. The largest absolute Gasteiger partial charge is 0.477 e. The molecule has 0 saturated carbocycles. The van der Waals surface area contributed by atoms with Gasteiger partial charge in [-0.05, 0) is 25.7 Å². The Morgan fingerprint density at radius 1 is 1.04 bits per heavy atom. The fourth-order valence-electron chi connectivity index (χ4n) is 3.63. The molecule has 142 valence electrons. The Balaban J connectivity index is 1.56. The Morgan fingerprint density at radius 2 is 1.73 bits per heavy atom. The van der Waals surface area contributed by atoms with Crippen LogP contribution in [0.3, 0.4) is 0 Å². The van der Waals surface area contributed by atoms with E-state index < -0.39 is 0 Å². The average Bonchev–Trinajstić information content (AvgIpc) is 2.68. The van der Waals surface area contributed by atoms with Crippen LogP contribution >= 0.6 is 0 Å². The number of nitrogens with zero attached hydrogens (tertiary/aromatic N) is 4. The van der Waals surface area contributed by atoms with Gasteiger partial charge in [-0.25, -0.2) is 9.97 Å². The Labute approximate surface area is 153 Å². The normalized spacial score (nSPS) is 21.4. The number of ether oxygens (including phenoxy) is 2. The zero-order valence-electron chi connectivity index (χ0n) is 15.4. The molecular formula is C18H26N4O4. The number of carbonyl (C=O) groups excluding carboxylic acids is 2. The van der Waals surface area contributed by atoms with Crippen molar-refractivity contribution in [3.8, 4) is 11.8 Å². The molecule has 0 N–H and O–H groups in total. The van der Waals surface area contributed by atoms with Gasteiger partial charge in [-0.2, -0.15) is 0 Å². The van der Waals surface area contributed by atoms with Crippen molar-refractivity contribution in [1.82, 2.24) is 19.8 Å². The highest BCUT2D eigenvalue weighted by Crippen LogP contribution is 2.26. The summed E-state index contributed by atoms with van der Waals surface area (Å²) in [6.45, 7) is 4.21. The summed E-state index contributed by atoms with van der Waals surface area (Å²) in [7, 11) is 1.53. The van der Waals surface area contributed by atoms with E-state index in [-0.39, 0.29) is 23.8 Å². The molecule has 8 heteroatoms. The quantitative estimate of drug-likeness (QED) is 0.798. The molecule has 0 aliphatic carbocycles. The predicted molar refractivity (Wildman–Crippen MR) is 93.8 cm³/mol. The minimum Gasteiger partial charge on any atom is -0.477 e. The lowest BCUT2D eigenvalue weighted by Crippen LogP contribution is -2.49. The number of hydrogen-bond donors (Lipinski definition) is 0. The molecule has 8 nitrogen and oxygen atoms in total. The second kappa shape index (κ2) is 8.33. The van der Waals surface area contributed by atoms with Crippen molar-refractivity contribution in [3.05, 3.63) is 12.4 Å². The molecule has 0 aromatic carbocycles. The Bertz CT molecular complexity index is 646. The van der Waals surface area contributed by atoms with Gasteiger partial charge >= 0.3 is 0 Å². The number of hydrogen-bond acceptors (Lipinski definition) is 6. The molecule has 26 heavy (non-hydrogen) atoms. The predicted octanol–water partition coefficient (Wildman–Crippen LogP) is 1.11. The maximum Gasteiger partial charge on any atom is 0.278 e. The van der Waals surface area contributed by atoms with Gasteiger partial charge in [0.05, 0.1) is 13.7 Å². The third-order valence-electron chi connectivity index (χ3n) is 5.08. The summed E-state index contributed by atoms with van der Waals surface area (Å²) in [5, 5.41) is 0. The smallest absolute Gasteiger partial charge is 0.278 e.